The molecular weight excluding hydrogens is 440 g/mol. The van der Waals surface area contributed by atoms with E-state index in [1.807, 2.05) is 30.3 Å². The molecule has 0 bridgehead atoms. The Labute approximate surface area is 169 Å². The van der Waals surface area contributed by atoms with Crippen LogP contribution in [0.4, 0.5) is 0 Å². The van der Waals surface area contributed by atoms with Crippen molar-refractivity contribution in [3.8, 4) is 0 Å². The second-order valence-corrected chi connectivity index (χ2v) is 8.58. The highest BCUT2D eigenvalue weighted by Crippen LogP contribution is 2.21. The largest absolute Gasteiger partial charge is 0.379 e. The lowest BCUT2D eigenvalue weighted by molar-refractivity contribution is 0.0345. The minimum Gasteiger partial charge on any atom is -0.379 e. The molecule has 26 heavy (non-hydrogen) atoms. The maximum Gasteiger partial charge on any atom is 0.241 e. The van der Waals surface area contributed by atoms with E-state index in [0.29, 0.717) is 19.8 Å². The lowest BCUT2D eigenvalue weighted by atomic mass is 10.1. The Morgan fingerprint density at radius 2 is 1.77 bits per heavy atom. The van der Waals surface area contributed by atoms with Crippen molar-refractivity contribution in [2.75, 3.05) is 32.8 Å². The fourth-order valence-corrected chi connectivity index (χ4v) is 4.64. The molecule has 1 atom stereocenters. The lowest BCUT2D eigenvalue weighted by Crippen LogP contribution is -2.43. The quantitative estimate of drug-likeness (QED) is 0.717. The molecule has 0 spiro atoms. The van der Waals surface area contributed by atoms with Crippen LogP contribution in [0.1, 0.15) is 11.6 Å². The van der Waals surface area contributed by atoms with E-state index in [4.69, 9.17) is 4.74 Å². The van der Waals surface area contributed by atoms with Gasteiger partial charge in [-0.05, 0) is 23.8 Å². The molecule has 2 aromatic rings. The van der Waals surface area contributed by atoms with Crippen LogP contribution in [0.3, 0.4) is 0 Å². The molecule has 0 aliphatic carbocycles. The van der Waals surface area contributed by atoms with Gasteiger partial charge in [0.05, 0.1) is 24.2 Å². The minimum atomic E-state index is -3.62. The van der Waals surface area contributed by atoms with Crippen LogP contribution < -0.4 is 4.72 Å². The SMILES string of the molecule is Cl.O=S(=O)(NC(CN1CCOCC1)c1ccccc1)c1cccc(Br)c1. The van der Waals surface area contributed by atoms with Crippen LogP contribution in [0.2, 0.25) is 0 Å². The van der Waals surface area contributed by atoms with Crippen molar-refractivity contribution >= 4 is 38.4 Å². The predicted molar refractivity (Wildman–Crippen MR) is 108 cm³/mol. The van der Waals surface area contributed by atoms with E-state index in [9.17, 15) is 8.42 Å². The first-order chi connectivity index (χ1) is 12.0. The molecule has 0 aromatic heterocycles. The molecule has 0 radical (unpaired) electrons. The minimum absolute atomic E-state index is 0. The lowest BCUT2D eigenvalue weighted by Gasteiger charge is -2.31. The van der Waals surface area contributed by atoms with Crippen molar-refractivity contribution in [3.63, 3.8) is 0 Å². The first-order valence-electron chi connectivity index (χ1n) is 8.17. The van der Waals surface area contributed by atoms with Gasteiger partial charge in [0.2, 0.25) is 10.0 Å². The normalized spacial score (nSPS) is 16.7. The first kappa shape index (κ1) is 21.3. The van der Waals surface area contributed by atoms with E-state index in [1.165, 1.54) is 0 Å². The van der Waals surface area contributed by atoms with Crippen molar-refractivity contribution in [1.82, 2.24) is 9.62 Å². The second-order valence-electron chi connectivity index (χ2n) is 5.95. The van der Waals surface area contributed by atoms with Gasteiger partial charge in [-0.1, -0.05) is 52.3 Å². The third-order valence-electron chi connectivity index (χ3n) is 4.15. The highest BCUT2D eigenvalue weighted by molar-refractivity contribution is 9.10. The summed E-state index contributed by atoms with van der Waals surface area (Å²) in [5.41, 5.74) is 0.951. The van der Waals surface area contributed by atoms with Gasteiger partial charge in [0, 0.05) is 24.1 Å². The molecule has 1 saturated heterocycles. The summed E-state index contributed by atoms with van der Waals surface area (Å²) in [5, 5.41) is 0. The van der Waals surface area contributed by atoms with Gasteiger partial charge >= 0.3 is 0 Å². The van der Waals surface area contributed by atoms with Gasteiger partial charge in [-0.3, -0.25) is 4.90 Å². The van der Waals surface area contributed by atoms with Crippen LogP contribution in [-0.4, -0.2) is 46.2 Å². The summed E-state index contributed by atoms with van der Waals surface area (Å²) in [6.45, 7) is 3.59. The number of nitrogens with one attached hydrogen (secondary N) is 1. The molecule has 3 rings (SSSR count). The highest BCUT2D eigenvalue weighted by Gasteiger charge is 2.24. The zero-order chi connectivity index (χ0) is 17.7. The molecule has 1 heterocycles. The molecule has 142 valence electrons. The summed E-state index contributed by atoms with van der Waals surface area (Å²) >= 11 is 3.33. The molecule has 0 amide bonds. The Morgan fingerprint density at radius 1 is 1.08 bits per heavy atom. The molecule has 5 nitrogen and oxygen atoms in total. The number of sulfonamides is 1. The summed E-state index contributed by atoms with van der Waals surface area (Å²) in [5.74, 6) is 0. The van der Waals surface area contributed by atoms with Crippen molar-refractivity contribution < 1.29 is 13.2 Å². The van der Waals surface area contributed by atoms with Gasteiger partial charge in [-0.2, -0.15) is 0 Å². The van der Waals surface area contributed by atoms with Gasteiger partial charge in [0.25, 0.3) is 0 Å². The molecule has 1 aliphatic heterocycles. The van der Waals surface area contributed by atoms with E-state index in [0.717, 1.165) is 23.1 Å². The number of morpholine rings is 1. The van der Waals surface area contributed by atoms with Crippen LogP contribution >= 0.6 is 28.3 Å². The zero-order valence-corrected chi connectivity index (χ0v) is 17.4. The summed E-state index contributed by atoms with van der Waals surface area (Å²) in [6, 6.07) is 16.1. The Balaban J connectivity index is 0.00000243. The second kappa shape index (κ2) is 9.82. The number of ether oxygens (including phenoxy) is 1. The van der Waals surface area contributed by atoms with E-state index in [-0.39, 0.29) is 23.3 Å². The smallest absolute Gasteiger partial charge is 0.241 e. The molecule has 0 saturated carbocycles. The topological polar surface area (TPSA) is 58.6 Å². The van der Waals surface area contributed by atoms with Crippen LogP contribution in [0.15, 0.2) is 64.0 Å². The molecule has 1 unspecified atom stereocenters. The summed E-state index contributed by atoms with van der Waals surface area (Å²) in [7, 11) is -3.62. The maximum atomic E-state index is 12.8. The number of nitrogens with zero attached hydrogens (tertiary/aromatic N) is 1. The average Bonchev–Trinajstić information content (AvgIpc) is 2.63. The van der Waals surface area contributed by atoms with Crippen LogP contribution in [-0.2, 0) is 14.8 Å². The summed E-state index contributed by atoms with van der Waals surface area (Å²) in [6.07, 6.45) is 0. The molecule has 2 aromatic carbocycles. The van der Waals surface area contributed by atoms with Gasteiger partial charge in [0.1, 0.15) is 0 Å². The van der Waals surface area contributed by atoms with Crippen molar-refractivity contribution in [2.45, 2.75) is 10.9 Å². The molecule has 1 fully saturated rings. The summed E-state index contributed by atoms with van der Waals surface area (Å²) in [4.78, 5) is 2.48. The molecular formula is C18H22BrClN2O3S. The van der Waals surface area contributed by atoms with E-state index in [2.05, 4.69) is 25.6 Å². The number of hydrogen-bond donors (Lipinski definition) is 1. The average molecular weight is 462 g/mol. The fraction of sp³-hybridized carbons (Fsp3) is 0.333. The van der Waals surface area contributed by atoms with Crippen LogP contribution in [0.25, 0.3) is 0 Å². The van der Waals surface area contributed by atoms with Gasteiger partial charge in [0.15, 0.2) is 0 Å². The molecule has 1 N–H and O–H groups in total. The third-order valence-corrected chi connectivity index (χ3v) is 6.11. The number of hydrogen-bond acceptors (Lipinski definition) is 4. The van der Waals surface area contributed by atoms with E-state index < -0.39 is 10.0 Å². The van der Waals surface area contributed by atoms with Gasteiger partial charge < -0.3 is 4.74 Å². The molecule has 1 aliphatic rings. The zero-order valence-electron chi connectivity index (χ0n) is 14.2. The van der Waals surface area contributed by atoms with Crippen molar-refractivity contribution in [3.05, 3.63) is 64.6 Å². The van der Waals surface area contributed by atoms with E-state index in [1.54, 1.807) is 24.3 Å². The standard InChI is InChI=1S/C18H21BrN2O3S.ClH/c19-16-7-4-8-17(13-16)25(22,23)20-18(15-5-2-1-3-6-15)14-21-9-11-24-12-10-21;/h1-8,13,18,20H,9-12,14H2;1H. The van der Waals surface area contributed by atoms with Crippen LogP contribution in [0.5, 0.6) is 0 Å². The number of benzene rings is 2. The first-order valence-corrected chi connectivity index (χ1v) is 10.5. The molecule has 8 heteroatoms. The maximum absolute atomic E-state index is 12.8. The predicted octanol–water partition coefficient (Wildman–Crippen LogP) is 3.22. The van der Waals surface area contributed by atoms with Crippen molar-refractivity contribution in [2.24, 2.45) is 0 Å². The number of rotatable bonds is 6. The van der Waals surface area contributed by atoms with Gasteiger partial charge in [-0.25, -0.2) is 13.1 Å². The van der Waals surface area contributed by atoms with E-state index >= 15 is 0 Å². The fourth-order valence-electron chi connectivity index (χ4n) is 2.83. The Hall–Kier alpha value is -0.960. The van der Waals surface area contributed by atoms with Crippen LogP contribution in [0, 0.1) is 0 Å². The summed E-state index contributed by atoms with van der Waals surface area (Å²) < 4.78 is 34.7. The van der Waals surface area contributed by atoms with Crippen molar-refractivity contribution in [1.29, 1.82) is 0 Å². The monoisotopic (exact) mass is 460 g/mol. The van der Waals surface area contributed by atoms with Gasteiger partial charge in [-0.15, -0.1) is 12.4 Å². The third kappa shape index (κ3) is 5.77. The Kier molecular flexibility index (Phi) is 8.06. The number of halogens is 2. The Morgan fingerprint density at radius 3 is 2.42 bits per heavy atom. The Bertz CT molecular complexity index is 799. The highest BCUT2D eigenvalue weighted by atomic mass is 79.9.